The highest BCUT2D eigenvalue weighted by atomic mass is 16.5. The largest absolute Gasteiger partial charge is 0.491 e. The molecule has 8 heteroatoms. The van der Waals surface area contributed by atoms with Crippen molar-refractivity contribution in [2.45, 2.75) is 46.1 Å². The predicted octanol–water partition coefficient (Wildman–Crippen LogP) is 0.508. The average Bonchev–Trinajstić information content (AvgIpc) is 2.72. The topological polar surface area (TPSA) is 99.4 Å². The van der Waals surface area contributed by atoms with Crippen LogP contribution in [0.25, 0.3) is 0 Å². The monoisotopic (exact) mass is 426 g/mol. The van der Waals surface area contributed by atoms with Crippen molar-refractivity contribution in [3.8, 4) is 0 Å². The minimum Gasteiger partial charge on any atom is -0.423 e. The molecule has 3 rings (SSSR count). The molecule has 0 saturated carbocycles. The molecule has 166 valence electrons. The molecule has 1 aliphatic heterocycles. The Hall–Kier alpha value is -1.67. The second-order valence-electron chi connectivity index (χ2n) is 9.21. The van der Waals surface area contributed by atoms with Crippen molar-refractivity contribution >= 4 is 25.2 Å². The van der Waals surface area contributed by atoms with E-state index < -0.39 is 14.2 Å². The lowest BCUT2D eigenvalue weighted by atomic mass is 9.64. The van der Waals surface area contributed by atoms with Crippen LogP contribution in [-0.2, 0) is 28.8 Å². The van der Waals surface area contributed by atoms with Crippen LogP contribution in [0.5, 0.6) is 0 Å². The fourth-order valence-corrected chi connectivity index (χ4v) is 4.12. The molecule has 0 amide bonds. The second kappa shape index (κ2) is 10.3. The van der Waals surface area contributed by atoms with Gasteiger partial charge in [0.05, 0.1) is 13.2 Å². The molecule has 2 aromatic rings. The summed E-state index contributed by atoms with van der Waals surface area (Å²) >= 11 is 0. The number of hydrogen-bond donors (Lipinski definition) is 4. The highest BCUT2D eigenvalue weighted by molar-refractivity contribution is 6.64. The van der Waals surface area contributed by atoms with Crippen molar-refractivity contribution in [3.05, 3.63) is 58.7 Å². The van der Waals surface area contributed by atoms with Crippen molar-refractivity contribution < 1.29 is 29.6 Å². The van der Waals surface area contributed by atoms with E-state index in [9.17, 15) is 20.3 Å². The second-order valence-corrected chi connectivity index (χ2v) is 9.21. The van der Waals surface area contributed by atoms with Crippen LogP contribution in [0.15, 0.2) is 36.4 Å². The Kier molecular flexibility index (Phi) is 7.97. The van der Waals surface area contributed by atoms with Gasteiger partial charge in [-0.1, -0.05) is 57.2 Å². The minimum atomic E-state index is -1.25. The Balaban J connectivity index is 2.06. The molecular formula is C23H32B2O6. The molecule has 0 unspecified atom stereocenters. The molecule has 0 aliphatic carbocycles. The molecule has 2 aromatic carbocycles. The molecular weight excluding hydrogens is 394 g/mol. The first-order valence-electron chi connectivity index (χ1n) is 10.8. The van der Waals surface area contributed by atoms with Gasteiger partial charge in [-0.2, -0.15) is 0 Å². The number of hydrogen-bond acceptors (Lipinski definition) is 6. The van der Waals surface area contributed by atoms with Gasteiger partial charge < -0.3 is 29.6 Å². The average molecular weight is 426 g/mol. The van der Waals surface area contributed by atoms with Crippen molar-refractivity contribution in [2.24, 2.45) is 5.41 Å². The van der Waals surface area contributed by atoms with Crippen LogP contribution in [0.4, 0.5) is 0 Å². The fourth-order valence-electron chi connectivity index (χ4n) is 4.12. The van der Waals surface area contributed by atoms with Crippen molar-refractivity contribution in [2.75, 3.05) is 19.8 Å². The Morgan fingerprint density at radius 2 is 1.48 bits per heavy atom. The van der Waals surface area contributed by atoms with E-state index in [4.69, 9.17) is 9.31 Å². The first-order valence-corrected chi connectivity index (χ1v) is 10.8. The lowest BCUT2D eigenvalue weighted by Crippen LogP contribution is -2.46. The van der Waals surface area contributed by atoms with E-state index in [1.807, 2.05) is 39.0 Å². The van der Waals surface area contributed by atoms with Gasteiger partial charge in [0.2, 0.25) is 0 Å². The highest BCUT2D eigenvalue weighted by Gasteiger charge is 2.34. The highest BCUT2D eigenvalue weighted by Crippen LogP contribution is 2.34. The number of fused-ring (bicyclic) bond motifs is 4. The van der Waals surface area contributed by atoms with Crippen LogP contribution in [0.2, 0.25) is 0 Å². The number of benzene rings is 2. The van der Waals surface area contributed by atoms with E-state index in [1.165, 1.54) is 0 Å². The zero-order valence-corrected chi connectivity index (χ0v) is 18.5. The SMILES string of the molecule is CC(C)(C)[C@H](CO)c1cc(CO)c2cc1B(O)OCCc1cccc(c1)CCOB2O. The molecule has 0 aromatic heterocycles. The molecule has 0 fully saturated rings. The van der Waals surface area contributed by atoms with E-state index in [-0.39, 0.29) is 24.5 Å². The first kappa shape index (κ1) is 24.0. The van der Waals surface area contributed by atoms with Gasteiger partial charge in [-0.3, -0.25) is 0 Å². The summed E-state index contributed by atoms with van der Waals surface area (Å²) in [6.07, 6.45) is 1.29. The minimum absolute atomic E-state index is 0.126. The molecule has 31 heavy (non-hydrogen) atoms. The van der Waals surface area contributed by atoms with Gasteiger partial charge in [0, 0.05) is 19.1 Å². The zero-order chi connectivity index (χ0) is 22.6. The van der Waals surface area contributed by atoms with Crippen LogP contribution in [0, 0.1) is 5.41 Å². The van der Waals surface area contributed by atoms with E-state index in [0.717, 1.165) is 11.1 Å². The van der Waals surface area contributed by atoms with Crippen LogP contribution < -0.4 is 10.9 Å². The number of aliphatic hydroxyl groups excluding tert-OH is 2. The maximum atomic E-state index is 10.9. The zero-order valence-electron chi connectivity index (χ0n) is 18.5. The molecule has 4 N–H and O–H groups in total. The van der Waals surface area contributed by atoms with Gasteiger partial charge in [-0.15, -0.1) is 0 Å². The van der Waals surface area contributed by atoms with Gasteiger partial charge in [-0.05, 0) is 51.4 Å². The van der Waals surface area contributed by atoms with Gasteiger partial charge >= 0.3 is 14.2 Å². The summed E-state index contributed by atoms with van der Waals surface area (Å²) in [5.74, 6) is -0.297. The number of rotatable bonds is 3. The van der Waals surface area contributed by atoms with Crippen LogP contribution in [0.3, 0.4) is 0 Å². The van der Waals surface area contributed by atoms with Crippen LogP contribution >= 0.6 is 0 Å². The van der Waals surface area contributed by atoms with Gasteiger partial charge in [0.25, 0.3) is 0 Å². The van der Waals surface area contributed by atoms with Gasteiger partial charge in [0.1, 0.15) is 0 Å². The van der Waals surface area contributed by atoms with Gasteiger partial charge in [0.15, 0.2) is 0 Å². The van der Waals surface area contributed by atoms with Crippen molar-refractivity contribution in [1.29, 1.82) is 0 Å². The first-order chi connectivity index (χ1) is 14.7. The van der Waals surface area contributed by atoms with Crippen molar-refractivity contribution in [1.82, 2.24) is 0 Å². The predicted molar refractivity (Wildman–Crippen MR) is 123 cm³/mol. The summed E-state index contributed by atoms with van der Waals surface area (Å²) in [5.41, 5.74) is 3.94. The number of aliphatic hydroxyl groups is 2. The lowest BCUT2D eigenvalue weighted by Gasteiger charge is -2.32. The summed E-state index contributed by atoms with van der Waals surface area (Å²) in [4.78, 5) is 0. The van der Waals surface area contributed by atoms with E-state index >= 15 is 0 Å². The molecule has 4 bridgehead atoms. The quantitative estimate of drug-likeness (QED) is 0.534. The summed E-state index contributed by atoms with van der Waals surface area (Å²) in [5, 5.41) is 41.7. The summed E-state index contributed by atoms with van der Waals surface area (Å²) in [7, 11) is -2.49. The molecule has 0 radical (unpaired) electrons. The maximum absolute atomic E-state index is 10.9. The van der Waals surface area contributed by atoms with Gasteiger partial charge in [-0.25, -0.2) is 0 Å². The Morgan fingerprint density at radius 1 is 0.903 bits per heavy atom. The Bertz CT molecular complexity index is 883. The third-order valence-electron chi connectivity index (χ3n) is 5.97. The summed E-state index contributed by atoms with van der Waals surface area (Å²) < 4.78 is 11.4. The van der Waals surface area contributed by atoms with Crippen LogP contribution in [-0.4, -0.2) is 54.3 Å². The summed E-state index contributed by atoms with van der Waals surface area (Å²) in [6, 6.07) is 11.4. The molecule has 1 aliphatic rings. The van der Waals surface area contributed by atoms with E-state index in [2.05, 4.69) is 6.07 Å². The summed E-state index contributed by atoms with van der Waals surface area (Å²) in [6.45, 7) is 6.23. The Labute approximate surface area is 185 Å². The molecule has 0 saturated heterocycles. The van der Waals surface area contributed by atoms with E-state index in [0.29, 0.717) is 48.1 Å². The smallest absolute Gasteiger partial charge is 0.423 e. The third-order valence-corrected chi connectivity index (χ3v) is 5.97. The van der Waals surface area contributed by atoms with Crippen LogP contribution in [0.1, 0.15) is 48.9 Å². The maximum Gasteiger partial charge on any atom is 0.491 e. The molecule has 1 atom stereocenters. The Morgan fingerprint density at radius 3 is 2.00 bits per heavy atom. The molecule has 6 nitrogen and oxygen atoms in total. The van der Waals surface area contributed by atoms with Crippen molar-refractivity contribution in [3.63, 3.8) is 0 Å². The van der Waals surface area contributed by atoms with E-state index in [1.54, 1.807) is 12.1 Å². The fraction of sp³-hybridized carbons (Fsp3) is 0.478. The normalized spacial score (nSPS) is 16.7. The molecule has 0 spiro atoms. The third kappa shape index (κ3) is 5.77. The molecule has 1 heterocycles. The lowest BCUT2D eigenvalue weighted by molar-refractivity contribution is 0.186. The standard InChI is InChI=1S/C23H32B2O6/c1-23(2,3)20(15-27)19-12-18(14-26)21-13-22(19)25(29)31-10-8-17-6-4-5-16(11-17)7-9-30-24(21)28/h4-6,11-13,20,26-29H,7-10,14-15H2,1-3H3/t20-/m1/s1.